The zero-order chi connectivity index (χ0) is 9.10. The predicted octanol–water partition coefficient (Wildman–Crippen LogP) is 3.44. The van der Waals surface area contributed by atoms with Gasteiger partial charge in [-0.25, -0.2) is 0 Å². The molecule has 0 aromatic carbocycles. The van der Waals surface area contributed by atoms with Crippen LogP contribution in [0.15, 0.2) is 4.99 Å². The van der Waals surface area contributed by atoms with E-state index in [9.17, 15) is 0 Å². The van der Waals surface area contributed by atoms with Crippen LogP contribution in [0.1, 0.15) is 51.9 Å². The molecule has 0 radical (unpaired) electrons. The van der Waals surface area contributed by atoms with Crippen LogP contribution in [-0.4, -0.2) is 12.3 Å². The van der Waals surface area contributed by atoms with Crippen molar-refractivity contribution in [1.82, 2.24) is 0 Å². The Morgan fingerprint density at radius 3 is 2.00 bits per heavy atom. The van der Waals surface area contributed by atoms with E-state index in [-0.39, 0.29) is 0 Å². The highest BCUT2D eigenvalue weighted by Crippen LogP contribution is 2.44. The summed E-state index contributed by atoms with van der Waals surface area (Å²) in [4.78, 5) is 4.59. The maximum atomic E-state index is 4.59. The van der Waals surface area contributed by atoms with Crippen molar-refractivity contribution >= 4 is 6.21 Å². The van der Waals surface area contributed by atoms with Gasteiger partial charge in [-0.3, -0.25) is 4.99 Å². The smallest absolute Gasteiger partial charge is 0.0495 e. The summed E-state index contributed by atoms with van der Waals surface area (Å²) in [5, 5.41) is 0. The van der Waals surface area contributed by atoms with E-state index in [4.69, 9.17) is 0 Å². The van der Waals surface area contributed by atoms with Gasteiger partial charge >= 0.3 is 0 Å². The summed E-state index contributed by atoms with van der Waals surface area (Å²) in [6.07, 6.45) is 11.9. The molecule has 2 saturated carbocycles. The summed E-state index contributed by atoms with van der Waals surface area (Å²) >= 11 is 0. The van der Waals surface area contributed by atoms with Gasteiger partial charge in [0.2, 0.25) is 0 Å². The third kappa shape index (κ3) is 2.55. The van der Waals surface area contributed by atoms with Gasteiger partial charge in [-0.05, 0) is 63.0 Å². The van der Waals surface area contributed by atoms with Gasteiger partial charge in [0.1, 0.15) is 0 Å². The fourth-order valence-electron chi connectivity index (χ4n) is 2.54. The molecule has 0 saturated heterocycles. The molecule has 0 bridgehead atoms. The molecule has 0 N–H and O–H groups in total. The highest BCUT2D eigenvalue weighted by molar-refractivity contribution is 5.56. The van der Waals surface area contributed by atoms with Crippen molar-refractivity contribution in [2.75, 3.05) is 0 Å². The Morgan fingerprint density at radius 2 is 1.54 bits per heavy atom. The Morgan fingerprint density at radius 1 is 1.00 bits per heavy atom. The van der Waals surface area contributed by atoms with Crippen molar-refractivity contribution in [1.29, 1.82) is 0 Å². The molecule has 2 aliphatic carbocycles. The summed E-state index contributed by atoms with van der Waals surface area (Å²) in [5.41, 5.74) is 0. The first-order chi connectivity index (χ1) is 6.40. The van der Waals surface area contributed by atoms with Crippen LogP contribution in [0.4, 0.5) is 0 Å². The monoisotopic (exact) mass is 179 g/mol. The molecule has 1 nitrogen and oxygen atoms in total. The van der Waals surface area contributed by atoms with E-state index in [2.05, 4.69) is 18.1 Å². The fraction of sp³-hybridized carbons (Fsp3) is 0.917. The van der Waals surface area contributed by atoms with Crippen LogP contribution in [0.5, 0.6) is 0 Å². The molecule has 0 aliphatic heterocycles. The summed E-state index contributed by atoms with van der Waals surface area (Å²) in [7, 11) is 0. The normalized spacial score (nSPS) is 35.5. The van der Waals surface area contributed by atoms with E-state index >= 15 is 0 Å². The zero-order valence-electron chi connectivity index (χ0n) is 8.71. The third-order valence-electron chi connectivity index (χ3n) is 3.53. The minimum atomic E-state index is 0.676. The van der Waals surface area contributed by atoms with Crippen molar-refractivity contribution in [2.24, 2.45) is 16.8 Å². The molecular weight excluding hydrogens is 158 g/mol. The number of nitrogens with zero attached hydrogens (tertiary/aromatic N) is 1. The second kappa shape index (κ2) is 4.26. The molecule has 13 heavy (non-hydrogen) atoms. The molecule has 74 valence electrons. The highest BCUT2D eigenvalue weighted by atomic mass is 14.8. The lowest BCUT2D eigenvalue weighted by atomic mass is 9.83. The van der Waals surface area contributed by atoms with E-state index in [0.717, 1.165) is 18.3 Å². The molecular formula is C12H21N. The van der Waals surface area contributed by atoms with Crippen LogP contribution in [0.2, 0.25) is 0 Å². The Bertz CT molecular complexity index is 174. The Labute approximate surface area is 81.6 Å². The standard InChI is InChI=1S/C12H21N/c1-2-9-13-12-7-5-11(6-8-12)10-3-4-10/h9-12H,2-8H2,1H3. The number of rotatable bonds is 3. The number of hydrogen-bond donors (Lipinski definition) is 0. The third-order valence-corrected chi connectivity index (χ3v) is 3.53. The molecule has 0 atom stereocenters. The molecule has 2 fully saturated rings. The summed E-state index contributed by atoms with van der Waals surface area (Å²) in [5.74, 6) is 2.20. The first-order valence-electron chi connectivity index (χ1n) is 5.91. The lowest BCUT2D eigenvalue weighted by Crippen LogP contribution is -2.18. The van der Waals surface area contributed by atoms with Crippen molar-refractivity contribution in [3.05, 3.63) is 0 Å². The highest BCUT2D eigenvalue weighted by Gasteiger charge is 2.33. The Balaban J connectivity index is 1.72. The summed E-state index contributed by atoms with van der Waals surface area (Å²) in [6.45, 7) is 2.17. The molecule has 0 heterocycles. The van der Waals surface area contributed by atoms with Crippen LogP contribution in [0.3, 0.4) is 0 Å². The maximum absolute atomic E-state index is 4.59. The lowest BCUT2D eigenvalue weighted by molar-refractivity contribution is 0.298. The van der Waals surface area contributed by atoms with Crippen LogP contribution >= 0.6 is 0 Å². The van der Waals surface area contributed by atoms with Gasteiger partial charge in [-0.1, -0.05) is 6.92 Å². The summed E-state index contributed by atoms with van der Waals surface area (Å²) < 4.78 is 0. The van der Waals surface area contributed by atoms with Crippen molar-refractivity contribution in [3.8, 4) is 0 Å². The maximum Gasteiger partial charge on any atom is 0.0495 e. The van der Waals surface area contributed by atoms with E-state index in [1.807, 2.05) is 0 Å². The van der Waals surface area contributed by atoms with Crippen LogP contribution < -0.4 is 0 Å². The van der Waals surface area contributed by atoms with Gasteiger partial charge in [0.05, 0.1) is 0 Å². The van der Waals surface area contributed by atoms with Gasteiger partial charge in [0, 0.05) is 6.04 Å². The minimum Gasteiger partial charge on any atom is -0.294 e. The molecule has 0 unspecified atom stereocenters. The van der Waals surface area contributed by atoms with Gasteiger partial charge in [0.15, 0.2) is 0 Å². The molecule has 2 rings (SSSR count). The minimum absolute atomic E-state index is 0.676. The molecule has 1 heteroatoms. The number of hydrogen-bond acceptors (Lipinski definition) is 1. The predicted molar refractivity (Wildman–Crippen MR) is 57.3 cm³/mol. The van der Waals surface area contributed by atoms with Gasteiger partial charge in [-0.15, -0.1) is 0 Å². The topological polar surface area (TPSA) is 12.4 Å². The zero-order valence-corrected chi connectivity index (χ0v) is 8.71. The van der Waals surface area contributed by atoms with E-state index in [1.54, 1.807) is 0 Å². The molecule has 0 amide bonds. The van der Waals surface area contributed by atoms with E-state index < -0.39 is 0 Å². The average Bonchev–Trinajstić information content (AvgIpc) is 2.99. The van der Waals surface area contributed by atoms with Crippen LogP contribution in [-0.2, 0) is 0 Å². The largest absolute Gasteiger partial charge is 0.294 e. The fourth-order valence-corrected chi connectivity index (χ4v) is 2.54. The van der Waals surface area contributed by atoms with Crippen molar-refractivity contribution in [3.63, 3.8) is 0 Å². The van der Waals surface area contributed by atoms with E-state index in [1.165, 1.54) is 38.5 Å². The first-order valence-corrected chi connectivity index (χ1v) is 5.91. The second-order valence-electron chi connectivity index (χ2n) is 4.65. The molecule has 0 aromatic heterocycles. The second-order valence-corrected chi connectivity index (χ2v) is 4.65. The SMILES string of the molecule is CCC=NC1CCC(C2CC2)CC1. The lowest BCUT2D eigenvalue weighted by Gasteiger charge is -2.25. The molecule has 0 spiro atoms. The molecule has 2 aliphatic rings. The average molecular weight is 179 g/mol. The van der Waals surface area contributed by atoms with Crippen LogP contribution in [0, 0.1) is 11.8 Å². The quantitative estimate of drug-likeness (QED) is 0.588. The summed E-state index contributed by atoms with van der Waals surface area (Å²) in [6, 6.07) is 0.676. The van der Waals surface area contributed by atoms with Crippen molar-refractivity contribution < 1.29 is 0 Å². The van der Waals surface area contributed by atoms with Crippen LogP contribution in [0.25, 0.3) is 0 Å². The Hall–Kier alpha value is -0.330. The first kappa shape index (κ1) is 9.23. The van der Waals surface area contributed by atoms with Crippen molar-refractivity contribution in [2.45, 2.75) is 57.9 Å². The Kier molecular flexibility index (Phi) is 3.02. The number of aliphatic imine (C=N–C) groups is 1. The van der Waals surface area contributed by atoms with E-state index in [0.29, 0.717) is 6.04 Å². The van der Waals surface area contributed by atoms with Gasteiger partial charge in [-0.2, -0.15) is 0 Å². The van der Waals surface area contributed by atoms with Gasteiger partial charge < -0.3 is 0 Å². The molecule has 0 aromatic rings. The van der Waals surface area contributed by atoms with Gasteiger partial charge in [0.25, 0.3) is 0 Å².